The predicted octanol–water partition coefficient (Wildman–Crippen LogP) is 3.16. The van der Waals surface area contributed by atoms with E-state index in [1.807, 2.05) is 0 Å². The minimum absolute atomic E-state index is 0.0489. The lowest BCUT2D eigenvalue weighted by Gasteiger charge is -2.31. The van der Waals surface area contributed by atoms with E-state index in [2.05, 4.69) is 52.7 Å². The lowest BCUT2D eigenvalue weighted by molar-refractivity contribution is 0.0498. The summed E-state index contributed by atoms with van der Waals surface area (Å²) in [5.74, 6) is 0. The first-order chi connectivity index (χ1) is 10.7. The van der Waals surface area contributed by atoms with Crippen molar-refractivity contribution in [2.75, 3.05) is 20.1 Å². The van der Waals surface area contributed by atoms with Crippen LogP contribution in [0.15, 0.2) is 42.5 Å². The first kappa shape index (κ1) is 14.9. The number of piperidine rings is 1. The average molecular weight is 298 g/mol. The Morgan fingerprint density at radius 1 is 1.18 bits per heavy atom. The fourth-order valence-corrected chi connectivity index (χ4v) is 2.99. The van der Waals surface area contributed by atoms with E-state index in [4.69, 9.17) is 4.74 Å². The number of carbonyl (C=O) groups excluding carboxylic acids is 1. The molecule has 0 spiro atoms. The Bertz CT molecular complexity index is 648. The van der Waals surface area contributed by atoms with Gasteiger partial charge in [0.2, 0.25) is 0 Å². The van der Waals surface area contributed by atoms with Gasteiger partial charge in [-0.05, 0) is 35.2 Å². The summed E-state index contributed by atoms with van der Waals surface area (Å²) in [4.78, 5) is 13.7. The zero-order valence-electron chi connectivity index (χ0n) is 12.9. The molecule has 1 heterocycles. The molecular formula is C18H22N2O2. The molecule has 1 aliphatic heterocycles. The van der Waals surface area contributed by atoms with E-state index in [9.17, 15) is 4.79 Å². The first-order valence-electron chi connectivity index (χ1n) is 7.83. The number of benzene rings is 2. The number of hydrogen-bond donors (Lipinski definition) is 1. The molecule has 0 radical (unpaired) electrons. The van der Waals surface area contributed by atoms with Crippen LogP contribution >= 0.6 is 0 Å². The second-order valence-electron chi connectivity index (χ2n) is 5.81. The number of carbonyl (C=O) groups is 1. The largest absolute Gasteiger partial charge is 0.446 e. The third-order valence-corrected chi connectivity index (χ3v) is 4.23. The second kappa shape index (κ2) is 6.79. The van der Waals surface area contributed by atoms with E-state index >= 15 is 0 Å². The number of likely N-dealkylation sites (tertiary alicyclic amines) is 1. The fraction of sp³-hybridized carbons (Fsp3) is 0.389. The van der Waals surface area contributed by atoms with Crippen LogP contribution in [0.25, 0.3) is 10.8 Å². The average Bonchev–Trinajstić information content (AvgIpc) is 2.56. The molecule has 1 fully saturated rings. The maximum atomic E-state index is 11.2. The number of ether oxygens (including phenoxy) is 1. The number of alkyl carbamates (subject to hydrolysis) is 1. The number of nitrogens with one attached hydrogen (secondary N) is 1. The number of rotatable bonds is 3. The van der Waals surface area contributed by atoms with Crippen LogP contribution in [-0.2, 0) is 11.3 Å². The summed E-state index contributed by atoms with van der Waals surface area (Å²) in [6.45, 7) is 2.89. The van der Waals surface area contributed by atoms with Crippen LogP contribution in [0.4, 0.5) is 4.79 Å². The van der Waals surface area contributed by atoms with Crippen molar-refractivity contribution >= 4 is 16.9 Å². The highest BCUT2D eigenvalue weighted by atomic mass is 16.6. The summed E-state index contributed by atoms with van der Waals surface area (Å²) in [6.07, 6.45) is 1.53. The summed E-state index contributed by atoms with van der Waals surface area (Å²) in [5, 5.41) is 5.08. The quantitative estimate of drug-likeness (QED) is 0.946. The summed E-state index contributed by atoms with van der Waals surface area (Å²) < 4.78 is 5.32. The minimum atomic E-state index is -0.326. The van der Waals surface area contributed by atoms with Crippen molar-refractivity contribution in [3.05, 3.63) is 48.0 Å². The van der Waals surface area contributed by atoms with Crippen molar-refractivity contribution in [2.24, 2.45) is 0 Å². The van der Waals surface area contributed by atoms with Crippen LogP contribution in [0.3, 0.4) is 0 Å². The van der Waals surface area contributed by atoms with Crippen molar-refractivity contribution in [2.45, 2.75) is 25.5 Å². The molecule has 0 unspecified atom stereocenters. The molecule has 0 aliphatic carbocycles. The van der Waals surface area contributed by atoms with Crippen molar-refractivity contribution in [1.82, 2.24) is 10.2 Å². The summed E-state index contributed by atoms with van der Waals surface area (Å²) in [7, 11) is 1.59. The molecule has 1 amide bonds. The molecule has 0 aromatic heterocycles. The maximum Gasteiger partial charge on any atom is 0.407 e. The van der Waals surface area contributed by atoms with Gasteiger partial charge in [-0.3, -0.25) is 4.90 Å². The van der Waals surface area contributed by atoms with Gasteiger partial charge in [0.1, 0.15) is 6.10 Å². The van der Waals surface area contributed by atoms with E-state index in [1.54, 1.807) is 7.05 Å². The molecule has 116 valence electrons. The van der Waals surface area contributed by atoms with Crippen LogP contribution < -0.4 is 5.32 Å². The molecule has 0 bridgehead atoms. The van der Waals surface area contributed by atoms with E-state index in [0.29, 0.717) is 0 Å². The van der Waals surface area contributed by atoms with Crippen LogP contribution in [0.5, 0.6) is 0 Å². The molecule has 1 aliphatic rings. The number of nitrogens with zero attached hydrogens (tertiary/aromatic N) is 1. The second-order valence-corrected chi connectivity index (χ2v) is 5.81. The van der Waals surface area contributed by atoms with Gasteiger partial charge in [-0.15, -0.1) is 0 Å². The molecule has 4 nitrogen and oxygen atoms in total. The van der Waals surface area contributed by atoms with Crippen molar-refractivity contribution < 1.29 is 9.53 Å². The van der Waals surface area contributed by atoms with Gasteiger partial charge in [-0.25, -0.2) is 4.79 Å². The van der Waals surface area contributed by atoms with E-state index in [0.717, 1.165) is 32.5 Å². The Hall–Kier alpha value is -2.07. The van der Waals surface area contributed by atoms with Crippen molar-refractivity contribution in [1.29, 1.82) is 0 Å². The van der Waals surface area contributed by atoms with Crippen LogP contribution in [0.1, 0.15) is 18.4 Å². The van der Waals surface area contributed by atoms with E-state index in [1.165, 1.54) is 16.3 Å². The monoisotopic (exact) mass is 298 g/mol. The van der Waals surface area contributed by atoms with Gasteiger partial charge in [0.15, 0.2) is 0 Å². The minimum Gasteiger partial charge on any atom is -0.446 e. The molecule has 0 atom stereocenters. The lowest BCUT2D eigenvalue weighted by Crippen LogP contribution is -2.38. The number of hydrogen-bond acceptors (Lipinski definition) is 3. The Morgan fingerprint density at radius 2 is 1.91 bits per heavy atom. The Balaban J connectivity index is 1.56. The van der Waals surface area contributed by atoms with Gasteiger partial charge < -0.3 is 10.1 Å². The zero-order chi connectivity index (χ0) is 15.4. The molecule has 1 saturated heterocycles. The number of fused-ring (bicyclic) bond motifs is 1. The van der Waals surface area contributed by atoms with Crippen molar-refractivity contribution in [3.63, 3.8) is 0 Å². The van der Waals surface area contributed by atoms with Crippen LogP contribution in [-0.4, -0.2) is 37.2 Å². The highest BCUT2D eigenvalue weighted by molar-refractivity contribution is 5.82. The first-order valence-corrected chi connectivity index (χ1v) is 7.83. The normalized spacial score (nSPS) is 16.6. The highest BCUT2D eigenvalue weighted by Crippen LogP contribution is 2.19. The standard InChI is InChI=1S/C18H22N2O2/c1-19-18(21)22-17-8-10-20(11-9-17)13-14-6-7-15-4-2-3-5-16(15)12-14/h2-7,12,17H,8-11,13H2,1H3,(H,19,21). The number of amides is 1. The molecular weight excluding hydrogens is 276 g/mol. The molecule has 2 aromatic carbocycles. The van der Waals surface area contributed by atoms with Gasteiger partial charge in [-0.1, -0.05) is 36.4 Å². The lowest BCUT2D eigenvalue weighted by atomic mass is 10.0. The maximum absolute atomic E-state index is 11.2. The summed E-state index contributed by atoms with van der Waals surface area (Å²) in [5.41, 5.74) is 1.34. The van der Waals surface area contributed by atoms with Gasteiger partial charge in [-0.2, -0.15) is 0 Å². The third-order valence-electron chi connectivity index (χ3n) is 4.23. The van der Waals surface area contributed by atoms with Gasteiger partial charge in [0, 0.05) is 26.7 Å². The molecule has 4 heteroatoms. The molecule has 3 rings (SSSR count). The van der Waals surface area contributed by atoms with Crippen LogP contribution in [0.2, 0.25) is 0 Å². The predicted molar refractivity (Wildman–Crippen MR) is 87.8 cm³/mol. The van der Waals surface area contributed by atoms with E-state index < -0.39 is 0 Å². The molecule has 22 heavy (non-hydrogen) atoms. The van der Waals surface area contributed by atoms with Gasteiger partial charge in [0.05, 0.1) is 0 Å². The summed E-state index contributed by atoms with van der Waals surface area (Å²) >= 11 is 0. The SMILES string of the molecule is CNC(=O)OC1CCN(Cc2ccc3ccccc3c2)CC1. The zero-order valence-corrected chi connectivity index (χ0v) is 12.9. The van der Waals surface area contributed by atoms with Crippen LogP contribution in [0, 0.1) is 0 Å². The molecule has 0 saturated carbocycles. The Morgan fingerprint density at radius 3 is 2.64 bits per heavy atom. The van der Waals surface area contributed by atoms with E-state index in [-0.39, 0.29) is 12.2 Å². The van der Waals surface area contributed by atoms with Gasteiger partial charge in [0.25, 0.3) is 0 Å². The summed E-state index contributed by atoms with van der Waals surface area (Å²) in [6, 6.07) is 15.1. The smallest absolute Gasteiger partial charge is 0.407 e. The topological polar surface area (TPSA) is 41.6 Å². The highest BCUT2D eigenvalue weighted by Gasteiger charge is 2.21. The van der Waals surface area contributed by atoms with Gasteiger partial charge >= 0.3 is 6.09 Å². The van der Waals surface area contributed by atoms with Crippen molar-refractivity contribution in [3.8, 4) is 0 Å². The molecule has 2 aromatic rings. The third kappa shape index (κ3) is 3.57. The Labute approximate surface area is 131 Å². The fourth-order valence-electron chi connectivity index (χ4n) is 2.99. The molecule has 1 N–H and O–H groups in total. The Kier molecular flexibility index (Phi) is 4.59.